The van der Waals surface area contributed by atoms with E-state index in [9.17, 15) is 0 Å². The molecule has 1 nitrogen and oxygen atoms in total. The molecule has 0 bridgehead atoms. The summed E-state index contributed by atoms with van der Waals surface area (Å²) in [6, 6.07) is 4.51. The van der Waals surface area contributed by atoms with E-state index in [0.717, 1.165) is 23.9 Å². The fraction of sp³-hybridized carbons (Fsp3) is 0.500. The molecule has 0 aliphatic rings. The second-order valence-corrected chi connectivity index (χ2v) is 6.10. The third-order valence-electron chi connectivity index (χ3n) is 3.07. The smallest absolute Gasteiger partial charge is 0.126 e. The zero-order valence-corrected chi connectivity index (χ0v) is 13.4. The van der Waals surface area contributed by atoms with Crippen LogP contribution in [-0.4, -0.2) is 7.11 Å². The highest BCUT2D eigenvalue weighted by Crippen LogP contribution is 2.33. The molecule has 0 spiro atoms. The van der Waals surface area contributed by atoms with Crippen LogP contribution in [0.1, 0.15) is 43.9 Å². The van der Waals surface area contributed by atoms with Crippen LogP contribution in [0.4, 0.5) is 0 Å². The summed E-state index contributed by atoms with van der Waals surface area (Å²) in [5.41, 5.74) is 4.02. The monoisotopic (exact) mass is 310 g/mol. The second-order valence-electron chi connectivity index (χ2n) is 5.54. The van der Waals surface area contributed by atoms with Gasteiger partial charge in [-0.1, -0.05) is 54.9 Å². The lowest BCUT2D eigenvalue weighted by atomic mass is 9.84. The normalized spacial score (nSPS) is 11.4. The van der Waals surface area contributed by atoms with Crippen LogP contribution in [0, 0.1) is 0 Å². The number of aryl methyl sites for hydroxylation is 1. The first-order valence-electron chi connectivity index (χ1n) is 6.31. The Morgan fingerprint density at radius 3 is 2.33 bits per heavy atom. The Bertz CT molecular complexity index is 416. The Labute approximate surface area is 119 Å². The molecule has 0 aliphatic heterocycles. The number of ether oxygens (including phenoxy) is 1. The summed E-state index contributed by atoms with van der Waals surface area (Å²) >= 11 is 3.55. The van der Waals surface area contributed by atoms with E-state index >= 15 is 0 Å². The minimum Gasteiger partial charge on any atom is -0.496 e. The van der Waals surface area contributed by atoms with Gasteiger partial charge < -0.3 is 4.74 Å². The average Bonchev–Trinajstić information content (AvgIpc) is 2.33. The zero-order valence-electron chi connectivity index (χ0n) is 11.8. The Morgan fingerprint density at radius 2 is 1.89 bits per heavy atom. The lowest BCUT2D eigenvalue weighted by molar-refractivity contribution is 0.405. The van der Waals surface area contributed by atoms with Gasteiger partial charge in [-0.25, -0.2) is 0 Å². The lowest BCUT2D eigenvalue weighted by Gasteiger charge is -2.23. The van der Waals surface area contributed by atoms with Crippen molar-refractivity contribution in [2.75, 3.05) is 7.11 Å². The van der Waals surface area contributed by atoms with Gasteiger partial charge in [0.25, 0.3) is 0 Å². The molecular formula is C16H23BrO. The molecule has 0 aliphatic carbocycles. The first-order chi connectivity index (χ1) is 8.43. The highest BCUT2D eigenvalue weighted by atomic mass is 79.9. The second kappa shape index (κ2) is 6.42. The maximum absolute atomic E-state index is 5.57. The van der Waals surface area contributed by atoms with Gasteiger partial charge in [-0.05, 0) is 29.4 Å². The molecule has 0 heterocycles. The summed E-state index contributed by atoms with van der Waals surface area (Å²) in [6.07, 6.45) is 3.92. The first kappa shape index (κ1) is 15.3. The van der Waals surface area contributed by atoms with Crippen molar-refractivity contribution in [1.82, 2.24) is 0 Å². The van der Waals surface area contributed by atoms with Crippen LogP contribution in [-0.2, 0) is 17.2 Å². The van der Waals surface area contributed by atoms with Crippen LogP contribution in [0.3, 0.4) is 0 Å². The molecule has 1 aromatic rings. The SMILES string of the molecule is C=CCCc1cc(C(C)(C)C)cc(CBr)c1OC. The number of halogens is 1. The summed E-state index contributed by atoms with van der Waals surface area (Å²) < 4.78 is 5.57. The molecule has 0 saturated heterocycles. The fourth-order valence-electron chi connectivity index (χ4n) is 1.99. The van der Waals surface area contributed by atoms with Crippen molar-refractivity contribution in [3.05, 3.63) is 41.5 Å². The highest BCUT2D eigenvalue weighted by molar-refractivity contribution is 9.08. The molecule has 100 valence electrons. The molecule has 0 unspecified atom stereocenters. The maximum atomic E-state index is 5.57. The molecule has 18 heavy (non-hydrogen) atoms. The van der Waals surface area contributed by atoms with Gasteiger partial charge in [0.05, 0.1) is 7.11 Å². The van der Waals surface area contributed by atoms with E-state index in [-0.39, 0.29) is 5.41 Å². The van der Waals surface area contributed by atoms with Gasteiger partial charge in [-0.15, -0.1) is 6.58 Å². The largest absolute Gasteiger partial charge is 0.496 e. The van der Waals surface area contributed by atoms with Crippen molar-refractivity contribution >= 4 is 15.9 Å². The fourth-order valence-corrected chi connectivity index (χ4v) is 2.41. The van der Waals surface area contributed by atoms with Gasteiger partial charge in [0.15, 0.2) is 0 Å². The van der Waals surface area contributed by atoms with E-state index in [1.165, 1.54) is 16.7 Å². The van der Waals surface area contributed by atoms with Crippen molar-refractivity contribution in [2.45, 2.75) is 44.4 Å². The molecule has 0 saturated carbocycles. The number of rotatable bonds is 5. The topological polar surface area (TPSA) is 9.23 Å². The van der Waals surface area contributed by atoms with Crippen molar-refractivity contribution in [3.63, 3.8) is 0 Å². The number of allylic oxidation sites excluding steroid dienone is 1. The van der Waals surface area contributed by atoms with E-state index in [1.807, 2.05) is 6.08 Å². The molecule has 0 aromatic heterocycles. The van der Waals surface area contributed by atoms with Gasteiger partial charge in [0.2, 0.25) is 0 Å². The van der Waals surface area contributed by atoms with Gasteiger partial charge in [0.1, 0.15) is 5.75 Å². The standard InChI is InChI=1S/C16H23BrO/c1-6-7-8-12-9-14(16(2,3)4)10-13(11-17)15(12)18-5/h6,9-10H,1,7-8,11H2,2-5H3. The minimum absolute atomic E-state index is 0.159. The number of hydrogen-bond donors (Lipinski definition) is 0. The van der Waals surface area contributed by atoms with Crippen LogP contribution in [0.5, 0.6) is 5.75 Å². The molecule has 0 fully saturated rings. The van der Waals surface area contributed by atoms with Crippen molar-refractivity contribution in [2.24, 2.45) is 0 Å². The van der Waals surface area contributed by atoms with Crippen molar-refractivity contribution < 1.29 is 4.74 Å². The number of hydrogen-bond acceptors (Lipinski definition) is 1. The Morgan fingerprint density at radius 1 is 1.28 bits per heavy atom. The quantitative estimate of drug-likeness (QED) is 0.549. The zero-order chi connectivity index (χ0) is 13.8. The number of benzene rings is 1. The lowest BCUT2D eigenvalue weighted by Crippen LogP contribution is -2.13. The van der Waals surface area contributed by atoms with Gasteiger partial charge in [-0.2, -0.15) is 0 Å². The number of methoxy groups -OCH3 is 1. The van der Waals surface area contributed by atoms with Gasteiger partial charge >= 0.3 is 0 Å². The Kier molecular flexibility index (Phi) is 5.46. The third kappa shape index (κ3) is 3.61. The summed E-state index contributed by atoms with van der Waals surface area (Å²) in [5.74, 6) is 1.02. The molecule has 2 heteroatoms. The van der Waals surface area contributed by atoms with E-state index in [2.05, 4.69) is 55.4 Å². The predicted octanol–water partition coefficient (Wildman–Crippen LogP) is 5.01. The molecular weight excluding hydrogens is 288 g/mol. The predicted molar refractivity (Wildman–Crippen MR) is 82.8 cm³/mol. The third-order valence-corrected chi connectivity index (χ3v) is 3.68. The minimum atomic E-state index is 0.159. The average molecular weight is 311 g/mol. The first-order valence-corrected chi connectivity index (χ1v) is 7.43. The van der Waals surface area contributed by atoms with Crippen LogP contribution >= 0.6 is 15.9 Å². The summed E-state index contributed by atoms with van der Waals surface area (Å²) in [6.45, 7) is 10.5. The molecule has 1 aromatic carbocycles. The molecule has 1 rings (SSSR count). The van der Waals surface area contributed by atoms with Crippen LogP contribution in [0.15, 0.2) is 24.8 Å². The molecule has 0 amide bonds. The molecule has 0 radical (unpaired) electrons. The number of alkyl halides is 1. The van der Waals surface area contributed by atoms with Crippen LogP contribution in [0.25, 0.3) is 0 Å². The van der Waals surface area contributed by atoms with Crippen LogP contribution < -0.4 is 4.74 Å². The van der Waals surface area contributed by atoms with E-state index in [4.69, 9.17) is 4.74 Å². The van der Waals surface area contributed by atoms with Gasteiger partial charge in [-0.3, -0.25) is 0 Å². The maximum Gasteiger partial charge on any atom is 0.126 e. The van der Waals surface area contributed by atoms with Gasteiger partial charge in [0, 0.05) is 10.9 Å². The molecule has 0 N–H and O–H groups in total. The van der Waals surface area contributed by atoms with Crippen molar-refractivity contribution in [1.29, 1.82) is 0 Å². The van der Waals surface area contributed by atoms with E-state index in [0.29, 0.717) is 0 Å². The van der Waals surface area contributed by atoms with E-state index in [1.54, 1.807) is 7.11 Å². The molecule has 0 atom stereocenters. The van der Waals surface area contributed by atoms with Crippen molar-refractivity contribution in [3.8, 4) is 5.75 Å². The summed E-state index contributed by atoms with van der Waals surface area (Å²) in [7, 11) is 1.75. The summed E-state index contributed by atoms with van der Waals surface area (Å²) in [5, 5.41) is 0.821. The van der Waals surface area contributed by atoms with Crippen LogP contribution in [0.2, 0.25) is 0 Å². The highest BCUT2D eigenvalue weighted by Gasteiger charge is 2.18. The summed E-state index contributed by atoms with van der Waals surface area (Å²) in [4.78, 5) is 0. The van der Waals surface area contributed by atoms with E-state index < -0.39 is 0 Å². The Balaban J connectivity index is 3.30. The Hall–Kier alpha value is -0.760.